The second kappa shape index (κ2) is 8.38. The van der Waals surface area contributed by atoms with Crippen molar-refractivity contribution in [1.29, 1.82) is 0 Å². The van der Waals surface area contributed by atoms with Gasteiger partial charge in [-0.2, -0.15) is 0 Å². The zero-order chi connectivity index (χ0) is 12.4. The Labute approximate surface area is 97.6 Å². The molecule has 0 saturated heterocycles. The Morgan fingerprint density at radius 1 is 1.12 bits per heavy atom. The number of ether oxygens (including phenoxy) is 1. The fourth-order valence-corrected chi connectivity index (χ4v) is 2.14. The van der Waals surface area contributed by atoms with Gasteiger partial charge in [0.05, 0.1) is 12.4 Å². The van der Waals surface area contributed by atoms with E-state index in [1.54, 1.807) is 0 Å². The highest BCUT2D eigenvalue weighted by Crippen LogP contribution is 1.97. The third-order valence-corrected chi connectivity index (χ3v) is 3.29. The van der Waals surface area contributed by atoms with E-state index in [4.69, 9.17) is 4.74 Å². The van der Waals surface area contributed by atoms with Crippen molar-refractivity contribution in [3.63, 3.8) is 0 Å². The van der Waals surface area contributed by atoms with E-state index < -0.39 is 16.1 Å². The average Bonchev–Trinajstić information content (AvgIpc) is 2.21. The Hall–Kier alpha value is -0.780. The quantitative estimate of drug-likeness (QED) is 0.670. The molecule has 0 atom stereocenters. The summed E-state index contributed by atoms with van der Waals surface area (Å²) in [6.45, 7) is 4.19. The molecule has 0 bridgehead atoms. The fraction of sp³-hybridized carbons (Fsp3) is 0.900. The number of carbonyl (C=O) groups is 1. The van der Waals surface area contributed by atoms with Gasteiger partial charge in [-0.3, -0.25) is 0 Å². The van der Waals surface area contributed by atoms with E-state index in [2.05, 4.69) is 0 Å². The van der Waals surface area contributed by atoms with Gasteiger partial charge in [0, 0.05) is 0 Å². The van der Waals surface area contributed by atoms with Crippen LogP contribution in [-0.4, -0.2) is 26.9 Å². The van der Waals surface area contributed by atoms with E-state index in [1.165, 1.54) is 0 Å². The molecule has 0 heterocycles. The van der Waals surface area contributed by atoms with Gasteiger partial charge < -0.3 is 4.74 Å². The topological polar surface area (TPSA) is 72.5 Å². The lowest BCUT2D eigenvalue weighted by Crippen LogP contribution is -2.33. The summed E-state index contributed by atoms with van der Waals surface area (Å²) >= 11 is 0. The van der Waals surface area contributed by atoms with Gasteiger partial charge in [0.15, 0.2) is 0 Å². The fourth-order valence-electron chi connectivity index (χ4n) is 1.06. The van der Waals surface area contributed by atoms with Gasteiger partial charge in [-0.1, -0.05) is 33.1 Å². The van der Waals surface area contributed by atoms with Gasteiger partial charge >= 0.3 is 6.09 Å². The number of unbranched alkanes of at least 4 members (excludes halogenated alkanes) is 3. The Morgan fingerprint density at radius 3 is 2.31 bits per heavy atom. The number of sulfonamides is 1. The number of hydrogen-bond donors (Lipinski definition) is 1. The highest BCUT2D eigenvalue weighted by Gasteiger charge is 2.14. The molecule has 0 radical (unpaired) electrons. The monoisotopic (exact) mass is 251 g/mol. The summed E-state index contributed by atoms with van der Waals surface area (Å²) < 4.78 is 29.2. The minimum absolute atomic E-state index is 0.0342. The van der Waals surface area contributed by atoms with Crippen LogP contribution in [0.3, 0.4) is 0 Å². The molecule has 0 spiro atoms. The molecule has 0 aromatic heterocycles. The molecular formula is C10H21NO4S. The van der Waals surface area contributed by atoms with E-state index in [9.17, 15) is 13.2 Å². The zero-order valence-electron chi connectivity index (χ0n) is 9.99. The van der Waals surface area contributed by atoms with E-state index in [-0.39, 0.29) is 12.4 Å². The number of amides is 1. The van der Waals surface area contributed by atoms with Crippen molar-refractivity contribution in [2.45, 2.75) is 46.0 Å². The minimum Gasteiger partial charge on any atom is -0.449 e. The smallest absolute Gasteiger partial charge is 0.420 e. The van der Waals surface area contributed by atoms with E-state index in [0.29, 0.717) is 6.42 Å². The number of hydrogen-bond acceptors (Lipinski definition) is 4. The van der Waals surface area contributed by atoms with Gasteiger partial charge in [0.2, 0.25) is 10.0 Å². The first-order valence-corrected chi connectivity index (χ1v) is 7.34. The van der Waals surface area contributed by atoms with Gasteiger partial charge in [-0.25, -0.2) is 17.9 Å². The minimum atomic E-state index is -3.51. The molecule has 0 aliphatic rings. The highest BCUT2D eigenvalue weighted by molar-refractivity contribution is 7.90. The molecule has 6 heteroatoms. The Bertz CT molecular complexity index is 287. The van der Waals surface area contributed by atoms with Gasteiger partial charge in [0.25, 0.3) is 0 Å². The second-order valence-electron chi connectivity index (χ2n) is 3.62. The molecule has 1 N–H and O–H groups in total. The molecule has 0 aliphatic carbocycles. The van der Waals surface area contributed by atoms with E-state index in [1.807, 2.05) is 18.6 Å². The van der Waals surface area contributed by atoms with Crippen LogP contribution in [0.4, 0.5) is 4.79 Å². The highest BCUT2D eigenvalue weighted by atomic mass is 32.2. The van der Waals surface area contributed by atoms with Crippen molar-refractivity contribution < 1.29 is 17.9 Å². The van der Waals surface area contributed by atoms with Crippen LogP contribution in [0.15, 0.2) is 0 Å². The van der Waals surface area contributed by atoms with Gasteiger partial charge in [0.1, 0.15) is 0 Å². The first-order chi connectivity index (χ1) is 7.52. The standard InChI is InChI=1S/C10H21NO4S/c1-3-5-7-8-15-10(12)11-16(13,14)9-6-4-2/h3-9H2,1-2H3,(H,11,12). The predicted octanol–water partition coefficient (Wildman–Crippen LogP) is 2.03. The molecule has 96 valence electrons. The molecule has 0 aliphatic heterocycles. The maximum Gasteiger partial charge on any atom is 0.420 e. The van der Waals surface area contributed by atoms with Crippen molar-refractivity contribution in [3.8, 4) is 0 Å². The Balaban J connectivity index is 3.77. The molecule has 0 rings (SSSR count). The van der Waals surface area contributed by atoms with Crippen LogP contribution in [0, 0.1) is 0 Å². The largest absolute Gasteiger partial charge is 0.449 e. The van der Waals surface area contributed by atoms with Crippen LogP contribution in [0.2, 0.25) is 0 Å². The van der Waals surface area contributed by atoms with Crippen LogP contribution in [0.1, 0.15) is 46.0 Å². The maximum absolute atomic E-state index is 11.3. The van der Waals surface area contributed by atoms with Gasteiger partial charge in [-0.05, 0) is 12.8 Å². The van der Waals surface area contributed by atoms with E-state index >= 15 is 0 Å². The normalized spacial score (nSPS) is 11.1. The molecular weight excluding hydrogens is 230 g/mol. The Kier molecular flexibility index (Phi) is 7.97. The van der Waals surface area contributed by atoms with Crippen molar-refractivity contribution >= 4 is 16.1 Å². The summed E-state index contributed by atoms with van der Waals surface area (Å²) in [5.74, 6) is -0.0342. The summed E-state index contributed by atoms with van der Waals surface area (Å²) in [6, 6.07) is 0. The first kappa shape index (κ1) is 15.2. The van der Waals surface area contributed by atoms with Crippen LogP contribution in [0.5, 0.6) is 0 Å². The summed E-state index contributed by atoms with van der Waals surface area (Å²) in [5, 5.41) is 0. The first-order valence-electron chi connectivity index (χ1n) is 5.69. The lowest BCUT2D eigenvalue weighted by Gasteiger charge is -2.07. The lowest BCUT2D eigenvalue weighted by atomic mass is 10.3. The van der Waals surface area contributed by atoms with Crippen LogP contribution >= 0.6 is 0 Å². The average molecular weight is 251 g/mol. The van der Waals surface area contributed by atoms with Crippen molar-refractivity contribution in [2.24, 2.45) is 0 Å². The molecule has 0 saturated carbocycles. The van der Waals surface area contributed by atoms with Crippen LogP contribution in [-0.2, 0) is 14.8 Å². The van der Waals surface area contributed by atoms with Crippen LogP contribution < -0.4 is 4.72 Å². The summed E-state index contributed by atoms with van der Waals surface area (Å²) in [7, 11) is -3.51. The van der Waals surface area contributed by atoms with Crippen molar-refractivity contribution in [2.75, 3.05) is 12.4 Å². The predicted molar refractivity (Wildman–Crippen MR) is 62.7 cm³/mol. The van der Waals surface area contributed by atoms with Crippen molar-refractivity contribution in [3.05, 3.63) is 0 Å². The summed E-state index contributed by atoms with van der Waals surface area (Å²) in [5.41, 5.74) is 0. The molecule has 0 fully saturated rings. The molecule has 0 aromatic rings. The SMILES string of the molecule is CCCCCOC(=O)NS(=O)(=O)CCCC. The molecule has 0 unspecified atom stereocenters. The number of nitrogens with one attached hydrogen (secondary N) is 1. The molecule has 5 nitrogen and oxygen atoms in total. The van der Waals surface area contributed by atoms with Crippen LogP contribution in [0.25, 0.3) is 0 Å². The second-order valence-corrected chi connectivity index (χ2v) is 5.46. The molecule has 16 heavy (non-hydrogen) atoms. The van der Waals surface area contributed by atoms with E-state index in [0.717, 1.165) is 25.7 Å². The zero-order valence-corrected chi connectivity index (χ0v) is 10.8. The maximum atomic E-state index is 11.3. The summed E-state index contributed by atoms with van der Waals surface area (Å²) in [4.78, 5) is 11.1. The number of rotatable bonds is 8. The molecule has 1 amide bonds. The summed E-state index contributed by atoms with van der Waals surface area (Å²) in [6.07, 6.45) is 3.20. The third-order valence-electron chi connectivity index (χ3n) is 1.99. The lowest BCUT2D eigenvalue weighted by molar-refractivity contribution is 0.150. The molecule has 0 aromatic carbocycles. The Morgan fingerprint density at radius 2 is 1.75 bits per heavy atom. The number of carbonyl (C=O) groups excluding carboxylic acids is 1. The van der Waals surface area contributed by atoms with Crippen molar-refractivity contribution in [1.82, 2.24) is 4.72 Å². The van der Waals surface area contributed by atoms with Gasteiger partial charge in [-0.15, -0.1) is 0 Å². The third kappa shape index (κ3) is 8.52.